The first-order valence-electron chi connectivity index (χ1n) is 7.52. The molecule has 22 heavy (non-hydrogen) atoms. The van der Waals surface area contributed by atoms with Crippen LogP contribution in [-0.2, 0) is 17.6 Å². The summed E-state index contributed by atoms with van der Waals surface area (Å²) in [6.45, 7) is 5.24. The van der Waals surface area contributed by atoms with Crippen LogP contribution in [0, 0.1) is 19.8 Å². The summed E-state index contributed by atoms with van der Waals surface area (Å²) in [5.74, 6) is 1.37. The quantitative estimate of drug-likeness (QED) is 0.943. The Balaban J connectivity index is 1.51. The molecule has 0 bridgehead atoms. The second-order valence-electron chi connectivity index (χ2n) is 5.71. The summed E-state index contributed by atoms with van der Waals surface area (Å²) in [6, 6.07) is 8.10. The Hall–Kier alpha value is -1.88. The maximum absolute atomic E-state index is 12.1. The topological polar surface area (TPSA) is 51.2 Å². The summed E-state index contributed by atoms with van der Waals surface area (Å²) >= 11 is 1.60. The van der Waals surface area contributed by atoms with E-state index in [1.165, 1.54) is 5.56 Å². The molecule has 0 radical (unpaired) electrons. The molecule has 1 amide bonds. The molecule has 0 unspecified atom stereocenters. The Kier molecular flexibility index (Phi) is 4.43. The van der Waals surface area contributed by atoms with Gasteiger partial charge in [0.1, 0.15) is 5.75 Å². The SMILES string of the molecule is Cc1nc(C)c(CC(=O)NC[C@@H]2COc3ccccc3C2)s1. The Morgan fingerprint density at radius 3 is 3.00 bits per heavy atom. The van der Waals surface area contributed by atoms with Gasteiger partial charge in [-0.1, -0.05) is 18.2 Å². The van der Waals surface area contributed by atoms with Crippen molar-refractivity contribution in [3.8, 4) is 5.75 Å². The third-order valence-electron chi connectivity index (χ3n) is 3.86. The van der Waals surface area contributed by atoms with Crippen LogP contribution in [0.15, 0.2) is 24.3 Å². The highest BCUT2D eigenvalue weighted by atomic mass is 32.1. The molecule has 3 rings (SSSR count). The van der Waals surface area contributed by atoms with E-state index in [2.05, 4.69) is 16.4 Å². The van der Waals surface area contributed by atoms with Gasteiger partial charge in [0.25, 0.3) is 0 Å². The predicted molar refractivity (Wildman–Crippen MR) is 87.4 cm³/mol. The van der Waals surface area contributed by atoms with Crippen LogP contribution < -0.4 is 10.1 Å². The van der Waals surface area contributed by atoms with E-state index in [9.17, 15) is 4.79 Å². The third kappa shape index (κ3) is 3.47. The van der Waals surface area contributed by atoms with Crippen molar-refractivity contribution < 1.29 is 9.53 Å². The van der Waals surface area contributed by atoms with E-state index >= 15 is 0 Å². The number of thiazole rings is 1. The largest absolute Gasteiger partial charge is 0.493 e. The first-order chi connectivity index (χ1) is 10.6. The first kappa shape index (κ1) is 15.0. The predicted octanol–water partition coefficient (Wildman–Crippen LogP) is 2.67. The Bertz CT molecular complexity index is 681. The van der Waals surface area contributed by atoms with Crippen molar-refractivity contribution in [2.45, 2.75) is 26.7 Å². The fourth-order valence-corrected chi connectivity index (χ4v) is 3.66. The minimum Gasteiger partial charge on any atom is -0.493 e. The summed E-state index contributed by atoms with van der Waals surface area (Å²) in [5.41, 5.74) is 2.19. The fourth-order valence-electron chi connectivity index (χ4n) is 2.73. The van der Waals surface area contributed by atoms with Crippen molar-refractivity contribution in [3.05, 3.63) is 45.4 Å². The number of carbonyl (C=O) groups is 1. The van der Waals surface area contributed by atoms with Crippen molar-refractivity contribution in [3.63, 3.8) is 0 Å². The lowest BCUT2D eigenvalue weighted by Gasteiger charge is -2.25. The van der Waals surface area contributed by atoms with Gasteiger partial charge < -0.3 is 10.1 Å². The molecule has 2 aromatic rings. The molecule has 1 atom stereocenters. The molecular formula is C17H20N2O2S. The molecule has 1 N–H and O–H groups in total. The maximum Gasteiger partial charge on any atom is 0.225 e. The van der Waals surface area contributed by atoms with Crippen LogP contribution in [0.3, 0.4) is 0 Å². The molecule has 1 aliphatic rings. The van der Waals surface area contributed by atoms with Crippen LogP contribution in [0.5, 0.6) is 5.75 Å². The molecule has 116 valence electrons. The van der Waals surface area contributed by atoms with Crippen molar-refractivity contribution in [2.75, 3.05) is 13.2 Å². The normalized spacial score (nSPS) is 16.7. The Morgan fingerprint density at radius 1 is 1.41 bits per heavy atom. The summed E-state index contributed by atoms with van der Waals surface area (Å²) < 4.78 is 5.75. The standard InChI is InChI=1S/C17H20N2O2S/c1-11-16(22-12(2)19-11)8-17(20)18-9-13-7-14-5-3-4-6-15(14)21-10-13/h3-6,13H,7-10H2,1-2H3,(H,18,20)/t13-/m1/s1. The smallest absolute Gasteiger partial charge is 0.225 e. The van der Waals surface area contributed by atoms with Gasteiger partial charge in [-0.2, -0.15) is 0 Å². The molecule has 0 saturated carbocycles. The van der Waals surface area contributed by atoms with Gasteiger partial charge in [-0.3, -0.25) is 4.79 Å². The van der Waals surface area contributed by atoms with Crippen molar-refractivity contribution in [2.24, 2.45) is 5.92 Å². The van der Waals surface area contributed by atoms with Crippen molar-refractivity contribution >= 4 is 17.2 Å². The average Bonchev–Trinajstić information content (AvgIpc) is 2.82. The second kappa shape index (κ2) is 6.48. The number of benzene rings is 1. The van der Waals surface area contributed by atoms with Gasteiger partial charge in [0.2, 0.25) is 5.91 Å². The Labute approximate surface area is 134 Å². The lowest BCUT2D eigenvalue weighted by atomic mass is 9.97. The highest BCUT2D eigenvalue weighted by Gasteiger charge is 2.20. The zero-order valence-electron chi connectivity index (χ0n) is 12.9. The van der Waals surface area contributed by atoms with E-state index in [-0.39, 0.29) is 5.91 Å². The van der Waals surface area contributed by atoms with E-state index in [4.69, 9.17) is 4.74 Å². The van der Waals surface area contributed by atoms with Gasteiger partial charge in [-0.15, -0.1) is 11.3 Å². The highest BCUT2D eigenvalue weighted by Crippen LogP contribution is 2.26. The van der Waals surface area contributed by atoms with E-state index in [1.807, 2.05) is 32.0 Å². The summed E-state index contributed by atoms with van der Waals surface area (Å²) in [4.78, 5) is 17.5. The number of aromatic nitrogens is 1. The van der Waals surface area contributed by atoms with Crippen LogP contribution in [0.1, 0.15) is 21.1 Å². The number of hydrogen-bond donors (Lipinski definition) is 1. The van der Waals surface area contributed by atoms with Crippen molar-refractivity contribution in [1.82, 2.24) is 10.3 Å². The minimum atomic E-state index is 0.0607. The maximum atomic E-state index is 12.1. The van der Waals surface area contributed by atoms with Gasteiger partial charge >= 0.3 is 0 Å². The number of rotatable bonds is 4. The van der Waals surface area contributed by atoms with Crippen molar-refractivity contribution in [1.29, 1.82) is 0 Å². The number of fused-ring (bicyclic) bond motifs is 1. The molecule has 0 saturated heterocycles. The van der Waals surface area contributed by atoms with Crippen LogP contribution >= 0.6 is 11.3 Å². The molecular weight excluding hydrogens is 296 g/mol. The summed E-state index contributed by atoms with van der Waals surface area (Å²) in [7, 11) is 0. The summed E-state index contributed by atoms with van der Waals surface area (Å²) in [5, 5.41) is 4.04. The monoisotopic (exact) mass is 316 g/mol. The van der Waals surface area contributed by atoms with Crippen LogP contribution in [0.25, 0.3) is 0 Å². The Morgan fingerprint density at radius 2 is 2.23 bits per heavy atom. The van der Waals surface area contributed by atoms with E-state index in [0.717, 1.165) is 27.7 Å². The first-order valence-corrected chi connectivity index (χ1v) is 8.34. The number of hydrogen-bond acceptors (Lipinski definition) is 4. The molecule has 0 spiro atoms. The number of carbonyl (C=O) groups excluding carboxylic acids is 1. The van der Waals surface area contributed by atoms with Crippen LogP contribution in [-0.4, -0.2) is 24.0 Å². The average molecular weight is 316 g/mol. The number of aryl methyl sites for hydroxylation is 2. The third-order valence-corrected chi connectivity index (χ3v) is 4.94. The van der Waals surface area contributed by atoms with Gasteiger partial charge in [0.05, 0.1) is 23.7 Å². The molecule has 2 heterocycles. The van der Waals surface area contributed by atoms with Gasteiger partial charge in [-0.25, -0.2) is 4.98 Å². The van der Waals surface area contributed by atoms with E-state index in [0.29, 0.717) is 25.5 Å². The van der Waals surface area contributed by atoms with Gasteiger partial charge in [-0.05, 0) is 31.9 Å². The van der Waals surface area contributed by atoms with Gasteiger partial charge in [0, 0.05) is 17.3 Å². The minimum absolute atomic E-state index is 0.0607. The number of ether oxygens (including phenoxy) is 1. The molecule has 5 heteroatoms. The van der Waals surface area contributed by atoms with E-state index < -0.39 is 0 Å². The lowest BCUT2D eigenvalue weighted by molar-refractivity contribution is -0.120. The number of amides is 1. The van der Waals surface area contributed by atoms with E-state index in [1.54, 1.807) is 11.3 Å². The molecule has 1 aromatic heterocycles. The molecule has 1 aliphatic heterocycles. The summed E-state index contributed by atoms with van der Waals surface area (Å²) in [6.07, 6.45) is 1.37. The molecule has 0 aliphatic carbocycles. The molecule has 0 fully saturated rings. The number of nitrogens with one attached hydrogen (secondary N) is 1. The number of nitrogens with zero attached hydrogens (tertiary/aromatic N) is 1. The van der Waals surface area contributed by atoms with Crippen LogP contribution in [0.2, 0.25) is 0 Å². The number of para-hydroxylation sites is 1. The fraction of sp³-hybridized carbons (Fsp3) is 0.412. The second-order valence-corrected chi connectivity index (χ2v) is 7.00. The highest BCUT2D eigenvalue weighted by molar-refractivity contribution is 7.11. The molecule has 4 nitrogen and oxygen atoms in total. The van der Waals surface area contributed by atoms with Gasteiger partial charge in [0.15, 0.2) is 0 Å². The lowest BCUT2D eigenvalue weighted by Crippen LogP contribution is -2.35. The van der Waals surface area contributed by atoms with Crippen LogP contribution in [0.4, 0.5) is 0 Å². The zero-order valence-corrected chi connectivity index (χ0v) is 13.7. The zero-order chi connectivity index (χ0) is 15.5. The molecule has 1 aromatic carbocycles.